The minimum atomic E-state index is 0.699. The summed E-state index contributed by atoms with van der Waals surface area (Å²) in [6, 6.07) is 14.0. The molecule has 0 amide bonds. The Morgan fingerprint density at radius 1 is 1.16 bits per heavy atom. The zero-order valence-corrected chi connectivity index (χ0v) is 10.8. The number of furan rings is 1. The summed E-state index contributed by atoms with van der Waals surface area (Å²) in [6.45, 7) is 2.75. The summed E-state index contributed by atoms with van der Waals surface area (Å²) in [5.41, 5.74) is 10.9. The topological polar surface area (TPSA) is 51.2 Å². The molecule has 0 spiro atoms. The molecule has 0 fully saturated rings. The Morgan fingerprint density at radius 2 is 2.00 bits per heavy atom. The lowest BCUT2D eigenvalue weighted by atomic mass is 10.1. The lowest BCUT2D eigenvalue weighted by Gasteiger charge is -2.09. The van der Waals surface area contributed by atoms with Crippen LogP contribution in [-0.2, 0) is 6.54 Å². The zero-order valence-electron chi connectivity index (χ0n) is 10.8. The van der Waals surface area contributed by atoms with Gasteiger partial charge in [-0.3, -0.25) is 0 Å². The van der Waals surface area contributed by atoms with Crippen molar-refractivity contribution < 1.29 is 4.42 Å². The fraction of sp³-hybridized carbons (Fsp3) is 0.125. The second-order valence-electron chi connectivity index (χ2n) is 4.70. The Kier molecular flexibility index (Phi) is 2.88. The SMILES string of the molecule is Cc1ccc(N)c(NCc2coc3ccccc23)c1. The van der Waals surface area contributed by atoms with Crippen molar-refractivity contribution in [2.24, 2.45) is 0 Å². The summed E-state index contributed by atoms with van der Waals surface area (Å²) in [6.07, 6.45) is 1.80. The number of fused-ring (bicyclic) bond motifs is 1. The van der Waals surface area contributed by atoms with Gasteiger partial charge in [0.05, 0.1) is 17.6 Å². The Bertz CT molecular complexity index is 716. The van der Waals surface area contributed by atoms with Gasteiger partial charge >= 0.3 is 0 Å². The fourth-order valence-electron chi connectivity index (χ4n) is 2.18. The van der Waals surface area contributed by atoms with Crippen molar-refractivity contribution in [2.45, 2.75) is 13.5 Å². The van der Waals surface area contributed by atoms with Gasteiger partial charge in [-0.05, 0) is 30.7 Å². The molecule has 2 aromatic carbocycles. The van der Waals surface area contributed by atoms with Gasteiger partial charge in [0.2, 0.25) is 0 Å². The van der Waals surface area contributed by atoms with E-state index in [9.17, 15) is 0 Å². The van der Waals surface area contributed by atoms with Crippen molar-refractivity contribution in [1.29, 1.82) is 0 Å². The highest BCUT2D eigenvalue weighted by Crippen LogP contribution is 2.24. The number of benzene rings is 2. The lowest BCUT2D eigenvalue weighted by Crippen LogP contribution is -2.02. The molecule has 1 heterocycles. The number of nitrogens with one attached hydrogen (secondary N) is 1. The summed E-state index contributed by atoms with van der Waals surface area (Å²) >= 11 is 0. The van der Waals surface area contributed by atoms with Gasteiger partial charge in [-0.15, -0.1) is 0 Å². The largest absolute Gasteiger partial charge is 0.464 e. The first-order chi connectivity index (χ1) is 9.24. The minimum absolute atomic E-state index is 0.699. The van der Waals surface area contributed by atoms with E-state index in [1.807, 2.05) is 30.3 Å². The number of para-hydroxylation sites is 1. The average Bonchev–Trinajstić information content (AvgIpc) is 2.83. The van der Waals surface area contributed by atoms with Gasteiger partial charge in [-0.25, -0.2) is 0 Å². The number of aryl methyl sites for hydroxylation is 1. The van der Waals surface area contributed by atoms with Crippen LogP contribution < -0.4 is 11.1 Å². The van der Waals surface area contributed by atoms with Gasteiger partial charge in [0, 0.05) is 17.5 Å². The first-order valence-electron chi connectivity index (χ1n) is 6.29. The molecule has 96 valence electrons. The molecule has 19 heavy (non-hydrogen) atoms. The van der Waals surface area contributed by atoms with Gasteiger partial charge in [0.15, 0.2) is 0 Å². The minimum Gasteiger partial charge on any atom is -0.464 e. The molecule has 3 nitrogen and oxygen atoms in total. The Labute approximate surface area is 112 Å². The fourth-order valence-corrected chi connectivity index (χ4v) is 2.18. The molecule has 0 radical (unpaired) electrons. The van der Waals surface area contributed by atoms with E-state index in [0.717, 1.165) is 27.9 Å². The van der Waals surface area contributed by atoms with Crippen LogP contribution in [-0.4, -0.2) is 0 Å². The molecule has 3 N–H and O–H groups in total. The summed E-state index contributed by atoms with van der Waals surface area (Å²) in [5, 5.41) is 4.50. The molecular formula is C16H16N2O. The van der Waals surface area contributed by atoms with Crippen molar-refractivity contribution in [3.63, 3.8) is 0 Å². The maximum Gasteiger partial charge on any atom is 0.134 e. The quantitative estimate of drug-likeness (QED) is 0.694. The lowest BCUT2D eigenvalue weighted by molar-refractivity contribution is 0.611. The number of nitrogens with two attached hydrogens (primary N) is 1. The van der Waals surface area contributed by atoms with Crippen molar-refractivity contribution >= 4 is 22.3 Å². The van der Waals surface area contributed by atoms with Crippen LogP contribution in [0.5, 0.6) is 0 Å². The van der Waals surface area contributed by atoms with Crippen LogP contribution in [0, 0.1) is 6.92 Å². The molecule has 0 aliphatic carbocycles. The Morgan fingerprint density at radius 3 is 2.89 bits per heavy atom. The first kappa shape index (κ1) is 11.7. The van der Waals surface area contributed by atoms with E-state index < -0.39 is 0 Å². The number of rotatable bonds is 3. The summed E-state index contributed by atoms with van der Waals surface area (Å²) < 4.78 is 5.52. The summed E-state index contributed by atoms with van der Waals surface area (Å²) in [5.74, 6) is 0. The van der Waals surface area contributed by atoms with Crippen LogP contribution in [0.25, 0.3) is 11.0 Å². The highest BCUT2D eigenvalue weighted by atomic mass is 16.3. The molecule has 0 bridgehead atoms. The molecule has 0 saturated carbocycles. The smallest absolute Gasteiger partial charge is 0.134 e. The molecule has 0 aliphatic rings. The van der Waals surface area contributed by atoms with Crippen LogP contribution in [0.15, 0.2) is 53.1 Å². The number of hydrogen-bond donors (Lipinski definition) is 2. The zero-order chi connectivity index (χ0) is 13.2. The van der Waals surface area contributed by atoms with Gasteiger partial charge < -0.3 is 15.5 Å². The third-order valence-corrected chi connectivity index (χ3v) is 3.24. The normalized spacial score (nSPS) is 10.8. The van der Waals surface area contributed by atoms with Crippen LogP contribution in [0.4, 0.5) is 11.4 Å². The van der Waals surface area contributed by atoms with Crippen LogP contribution in [0.3, 0.4) is 0 Å². The standard InChI is InChI=1S/C16H16N2O/c1-11-6-7-14(17)15(8-11)18-9-12-10-19-16-5-3-2-4-13(12)16/h2-8,10,18H,9,17H2,1H3. The summed E-state index contributed by atoms with van der Waals surface area (Å²) in [4.78, 5) is 0. The molecule has 0 unspecified atom stereocenters. The molecule has 0 atom stereocenters. The van der Waals surface area contributed by atoms with Crippen molar-refractivity contribution in [2.75, 3.05) is 11.1 Å². The van der Waals surface area contributed by atoms with Crippen molar-refractivity contribution in [3.05, 3.63) is 59.9 Å². The van der Waals surface area contributed by atoms with E-state index in [2.05, 4.69) is 24.4 Å². The van der Waals surface area contributed by atoms with E-state index in [4.69, 9.17) is 10.2 Å². The van der Waals surface area contributed by atoms with Crippen molar-refractivity contribution in [1.82, 2.24) is 0 Å². The van der Waals surface area contributed by atoms with Gasteiger partial charge in [0.1, 0.15) is 5.58 Å². The third-order valence-electron chi connectivity index (χ3n) is 3.24. The molecule has 0 aliphatic heterocycles. The van der Waals surface area contributed by atoms with Gasteiger partial charge in [-0.1, -0.05) is 24.3 Å². The second kappa shape index (κ2) is 4.69. The van der Waals surface area contributed by atoms with Gasteiger partial charge in [0.25, 0.3) is 0 Å². The predicted molar refractivity (Wildman–Crippen MR) is 79.1 cm³/mol. The highest BCUT2D eigenvalue weighted by Gasteiger charge is 2.05. The van der Waals surface area contributed by atoms with Crippen molar-refractivity contribution in [3.8, 4) is 0 Å². The molecule has 0 saturated heterocycles. The maximum absolute atomic E-state index is 5.96. The Balaban J connectivity index is 1.84. The van der Waals surface area contributed by atoms with Crippen LogP contribution in [0.1, 0.15) is 11.1 Å². The molecule has 3 heteroatoms. The molecular weight excluding hydrogens is 236 g/mol. The highest BCUT2D eigenvalue weighted by molar-refractivity contribution is 5.81. The van der Waals surface area contributed by atoms with E-state index in [0.29, 0.717) is 6.54 Å². The first-order valence-corrected chi connectivity index (χ1v) is 6.29. The van der Waals surface area contributed by atoms with E-state index in [-0.39, 0.29) is 0 Å². The number of nitrogen functional groups attached to an aromatic ring is 1. The number of anilines is 2. The van der Waals surface area contributed by atoms with Crippen LogP contribution >= 0.6 is 0 Å². The maximum atomic E-state index is 5.96. The Hall–Kier alpha value is -2.42. The molecule has 3 rings (SSSR count). The molecule has 3 aromatic rings. The second-order valence-corrected chi connectivity index (χ2v) is 4.70. The molecule has 1 aromatic heterocycles. The predicted octanol–water partition coefficient (Wildman–Crippen LogP) is 3.94. The van der Waals surface area contributed by atoms with E-state index in [1.165, 1.54) is 5.56 Å². The summed E-state index contributed by atoms with van der Waals surface area (Å²) in [7, 11) is 0. The van der Waals surface area contributed by atoms with E-state index in [1.54, 1.807) is 6.26 Å². The average molecular weight is 252 g/mol. The van der Waals surface area contributed by atoms with Gasteiger partial charge in [-0.2, -0.15) is 0 Å². The monoisotopic (exact) mass is 252 g/mol. The third kappa shape index (κ3) is 2.27. The van der Waals surface area contributed by atoms with Crippen LogP contribution in [0.2, 0.25) is 0 Å². The van der Waals surface area contributed by atoms with E-state index >= 15 is 0 Å². The number of hydrogen-bond acceptors (Lipinski definition) is 3.